The van der Waals surface area contributed by atoms with Gasteiger partial charge in [-0.15, -0.1) is 0 Å². The van der Waals surface area contributed by atoms with E-state index in [0.717, 1.165) is 63.4 Å². The number of carbonyl (C=O) groups excluding carboxylic acids is 1. The predicted octanol–water partition coefficient (Wildman–Crippen LogP) is 3.10. The van der Waals surface area contributed by atoms with Crippen molar-refractivity contribution in [2.75, 3.05) is 39.4 Å². The highest BCUT2D eigenvalue weighted by Crippen LogP contribution is 2.20. The largest absolute Gasteiger partial charge is 0.381 e. The van der Waals surface area contributed by atoms with E-state index in [0.29, 0.717) is 6.04 Å². The van der Waals surface area contributed by atoms with Gasteiger partial charge in [0.15, 0.2) is 0 Å². The van der Waals surface area contributed by atoms with Gasteiger partial charge >= 0.3 is 0 Å². The van der Waals surface area contributed by atoms with Crippen LogP contribution in [0.1, 0.15) is 67.9 Å². The number of hydrogen-bond acceptors (Lipinski definition) is 4. The van der Waals surface area contributed by atoms with E-state index in [1.165, 1.54) is 38.8 Å². The molecule has 2 saturated heterocycles. The fourth-order valence-corrected chi connectivity index (χ4v) is 4.40. The summed E-state index contributed by atoms with van der Waals surface area (Å²) >= 11 is 0. The molecule has 3 rings (SSSR count). The van der Waals surface area contributed by atoms with E-state index in [4.69, 9.17) is 4.74 Å². The van der Waals surface area contributed by atoms with Crippen LogP contribution < -0.4 is 0 Å². The Morgan fingerprint density at radius 2 is 1.93 bits per heavy atom. The molecule has 1 aromatic rings. The van der Waals surface area contributed by atoms with Crippen molar-refractivity contribution >= 4 is 5.91 Å². The standard InChI is InChI=1S/C21H36N4O2/c1-3-25-18(2)20(17-22-25)21(26)24(19-9-15-27-16-10-19)14-8-13-23-11-6-4-5-7-12-23/h17,19H,3-16H2,1-2H3. The van der Waals surface area contributed by atoms with Gasteiger partial charge in [-0.05, 0) is 65.6 Å². The maximum absolute atomic E-state index is 13.3. The summed E-state index contributed by atoms with van der Waals surface area (Å²) in [7, 11) is 0. The summed E-state index contributed by atoms with van der Waals surface area (Å²) in [6, 6.07) is 0.291. The number of rotatable bonds is 7. The topological polar surface area (TPSA) is 50.6 Å². The van der Waals surface area contributed by atoms with E-state index < -0.39 is 0 Å². The van der Waals surface area contributed by atoms with Gasteiger partial charge in [0.2, 0.25) is 0 Å². The Balaban J connectivity index is 1.64. The van der Waals surface area contributed by atoms with Crippen molar-refractivity contribution in [1.29, 1.82) is 0 Å². The van der Waals surface area contributed by atoms with E-state index >= 15 is 0 Å². The smallest absolute Gasteiger partial charge is 0.257 e. The van der Waals surface area contributed by atoms with Crippen LogP contribution in [-0.4, -0.2) is 70.9 Å². The van der Waals surface area contributed by atoms with Gasteiger partial charge in [0.05, 0.1) is 11.8 Å². The van der Waals surface area contributed by atoms with Crippen molar-refractivity contribution in [3.8, 4) is 0 Å². The second-order valence-electron chi connectivity index (χ2n) is 7.91. The van der Waals surface area contributed by atoms with Crippen LogP contribution in [0.15, 0.2) is 6.20 Å². The van der Waals surface area contributed by atoms with E-state index in [9.17, 15) is 4.79 Å². The van der Waals surface area contributed by atoms with Crippen LogP contribution in [0.2, 0.25) is 0 Å². The highest BCUT2D eigenvalue weighted by atomic mass is 16.5. The minimum Gasteiger partial charge on any atom is -0.381 e. The summed E-state index contributed by atoms with van der Waals surface area (Å²) < 4.78 is 7.44. The number of aryl methyl sites for hydroxylation is 1. The normalized spacial score (nSPS) is 19.8. The maximum atomic E-state index is 13.3. The maximum Gasteiger partial charge on any atom is 0.257 e. The summed E-state index contributed by atoms with van der Waals surface area (Å²) in [5, 5.41) is 4.38. The molecule has 6 nitrogen and oxygen atoms in total. The van der Waals surface area contributed by atoms with E-state index in [-0.39, 0.29) is 5.91 Å². The lowest BCUT2D eigenvalue weighted by molar-refractivity contribution is 0.0280. The molecule has 1 aromatic heterocycles. The quantitative estimate of drug-likeness (QED) is 0.734. The molecule has 0 aromatic carbocycles. The zero-order valence-electron chi connectivity index (χ0n) is 17.2. The van der Waals surface area contributed by atoms with Crippen molar-refractivity contribution in [1.82, 2.24) is 19.6 Å². The highest BCUT2D eigenvalue weighted by molar-refractivity contribution is 5.95. The number of likely N-dealkylation sites (tertiary alicyclic amines) is 1. The molecule has 3 heterocycles. The van der Waals surface area contributed by atoms with Gasteiger partial charge in [-0.2, -0.15) is 5.10 Å². The zero-order chi connectivity index (χ0) is 19.1. The first kappa shape index (κ1) is 20.3. The van der Waals surface area contributed by atoms with Gasteiger partial charge in [-0.1, -0.05) is 12.8 Å². The number of hydrogen-bond donors (Lipinski definition) is 0. The average Bonchev–Trinajstić information content (AvgIpc) is 2.89. The van der Waals surface area contributed by atoms with Crippen molar-refractivity contribution in [3.05, 3.63) is 17.5 Å². The summed E-state index contributed by atoms with van der Waals surface area (Å²) in [5.41, 5.74) is 1.74. The molecule has 2 fully saturated rings. The molecule has 0 unspecified atom stereocenters. The summed E-state index contributed by atoms with van der Waals surface area (Å²) in [4.78, 5) is 18.0. The predicted molar refractivity (Wildman–Crippen MR) is 107 cm³/mol. The third-order valence-electron chi connectivity index (χ3n) is 6.10. The Kier molecular flexibility index (Phi) is 7.70. The van der Waals surface area contributed by atoms with E-state index in [1.807, 2.05) is 11.6 Å². The van der Waals surface area contributed by atoms with Crippen molar-refractivity contribution in [3.63, 3.8) is 0 Å². The molecule has 1 amide bonds. The molecule has 0 saturated carbocycles. The average molecular weight is 377 g/mol. The first-order valence-electron chi connectivity index (χ1n) is 10.8. The van der Waals surface area contributed by atoms with Crippen molar-refractivity contribution < 1.29 is 9.53 Å². The van der Waals surface area contributed by atoms with E-state index in [2.05, 4.69) is 21.8 Å². The molecule has 0 spiro atoms. The van der Waals surface area contributed by atoms with Crippen molar-refractivity contribution in [2.24, 2.45) is 0 Å². The summed E-state index contributed by atoms with van der Waals surface area (Å²) in [6.45, 7) is 10.7. The number of ether oxygens (including phenoxy) is 1. The number of amides is 1. The Labute approximate surface area is 163 Å². The zero-order valence-corrected chi connectivity index (χ0v) is 17.2. The van der Waals surface area contributed by atoms with Gasteiger partial charge in [0.25, 0.3) is 5.91 Å². The highest BCUT2D eigenvalue weighted by Gasteiger charge is 2.28. The first-order valence-corrected chi connectivity index (χ1v) is 10.8. The fourth-order valence-electron chi connectivity index (χ4n) is 4.40. The monoisotopic (exact) mass is 376 g/mol. The molecule has 27 heavy (non-hydrogen) atoms. The molecule has 152 valence electrons. The molecule has 0 aliphatic carbocycles. The van der Waals surface area contributed by atoms with Gasteiger partial charge < -0.3 is 14.5 Å². The fraction of sp³-hybridized carbons (Fsp3) is 0.810. The van der Waals surface area contributed by atoms with Crippen LogP contribution in [0.3, 0.4) is 0 Å². The lowest BCUT2D eigenvalue weighted by atomic mass is 10.0. The second kappa shape index (κ2) is 10.2. The van der Waals surface area contributed by atoms with Crippen LogP contribution in [0.25, 0.3) is 0 Å². The minimum atomic E-state index is 0.148. The molecule has 0 bridgehead atoms. The van der Waals surface area contributed by atoms with Gasteiger partial charge in [0.1, 0.15) is 0 Å². The number of nitrogens with zero attached hydrogens (tertiary/aromatic N) is 4. The molecular formula is C21H36N4O2. The Morgan fingerprint density at radius 1 is 1.22 bits per heavy atom. The molecular weight excluding hydrogens is 340 g/mol. The van der Waals surface area contributed by atoms with Crippen molar-refractivity contribution in [2.45, 2.75) is 71.4 Å². The van der Waals surface area contributed by atoms with Crippen LogP contribution in [0.4, 0.5) is 0 Å². The molecule has 0 radical (unpaired) electrons. The lowest BCUT2D eigenvalue weighted by Crippen LogP contribution is -2.45. The third kappa shape index (κ3) is 5.32. The molecule has 2 aliphatic rings. The van der Waals surface area contributed by atoms with Crippen LogP contribution >= 0.6 is 0 Å². The Morgan fingerprint density at radius 3 is 2.56 bits per heavy atom. The van der Waals surface area contributed by atoms with Crippen LogP contribution in [0.5, 0.6) is 0 Å². The number of aromatic nitrogens is 2. The minimum absolute atomic E-state index is 0.148. The lowest BCUT2D eigenvalue weighted by Gasteiger charge is -2.35. The molecule has 6 heteroatoms. The number of carbonyl (C=O) groups is 1. The van der Waals surface area contributed by atoms with Gasteiger partial charge in [-0.3, -0.25) is 9.48 Å². The molecule has 2 aliphatic heterocycles. The Hall–Kier alpha value is -1.40. The Bertz CT molecular complexity index is 587. The van der Waals surface area contributed by atoms with Gasteiger partial charge in [-0.25, -0.2) is 0 Å². The summed E-state index contributed by atoms with van der Waals surface area (Å²) in [5.74, 6) is 0.148. The van der Waals surface area contributed by atoms with Crippen LogP contribution in [-0.2, 0) is 11.3 Å². The van der Waals surface area contributed by atoms with Gasteiger partial charge in [0, 0.05) is 38.0 Å². The first-order chi connectivity index (χ1) is 13.2. The van der Waals surface area contributed by atoms with Crippen LogP contribution in [0, 0.1) is 6.92 Å². The van der Waals surface area contributed by atoms with E-state index in [1.54, 1.807) is 6.20 Å². The third-order valence-corrected chi connectivity index (χ3v) is 6.10. The molecule has 0 atom stereocenters. The summed E-state index contributed by atoms with van der Waals surface area (Å²) in [6.07, 6.45) is 10.0. The molecule has 0 N–H and O–H groups in total. The second-order valence-corrected chi connectivity index (χ2v) is 7.91. The SMILES string of the molecule is CCn1ncc(C(=O)N(CCCN2CCCCCC2)C2CCOCC2)c1C.